The first-order valence-electron chi connectivity index (χ1n) is 6.82. The zero-order valence-electron chi connectivity index (χ0n) is 12.3. The number of nitrogens with zero attached hydrogens (tertiary/aromatic N) is 1. The van der Waals surface area contributed by atoms with Crippen molar-refractivity contribution in [2.24, 2.45) is 5.73 Å². The SMILES string of the molecule is CCOC(=O)C1=C(CCl)OC(N)=C(C#N)[C@@H]1c1ccc(Cl)cc1. The Hall–Kier alpha value is -2.16. The van der Waals surface area contributed by atoms with Gasteiger partial charge in [-0.05, 0) is 24.6 Å². The van der Waals surface area contributed by atoms with Crippen LogP contribution in [0.3, 0.4) is 0 Å². The minimum absolute atomic E-state index is 0.0718. The molecule has 5 nitrogen and oxygen atoms in total. The van der Waals surface area contributed by atoms with Gasteiger partial charge >= 0.3 is 5.97 Å². The largest absolute Gasteiger partial charge is 0.463 e. The number of carbonyl (C=O) groups is 1. The number of esters is 1. The van der Waals surface area contributed by atoms with Crippen molar-refractivity contribution in [1.29, 1.82) is 5.26 Å². The van der Waals surface area contributed by atoms with Gasteiger partial charge in [-0.3, -0.25) is 0 Å². The van der Waals surface area contributed by atoms with Gasteiger partial charge in [0.1, 0.15) is 17.4 Å². The molecule has 0 fully saturated rings. The molecule has 2 rings (SSSR count). The summed E-state index contributed by atoms with van der Waals surface area (Å²) in [6, 6.07) is 8.77. The zero-order valence-corrected chi connectivity index (χ0v) is 13.8. The average Bonchev–Trinajstić information content (AvgIpc) is 2.54. The molecule has 0 saturated carbocycles. The van der Waals surface area contributed by atoms with Gasteiger partial charge < -0.3 is 15.2 Å². The zero-order chi connectivity index (χ0) is 17.0. The Labute approximate surface area is 143 Å². The molecule has 0 bridgehead atoms. The summed E-state index contributed by atoms with van der Waals surface area (Å²) in [6.45, 7) is 1.88. The number of nitriles is 1. The maximum absolute atomic E-state index is 12.4. The number of alkyl halides is 1. The standard InChI is InChI=1S/C16H14Cl2N2O3/c1-2-22-16(21)14-12(7-17)23-15(20)11(8-19)13(14)9-3-5-10(18)6-4-9/h3-6,13H,2,7,20H2,1H3/t13-/m0/s1. The van der Waals surface area contributed by atoms with E-state index in [4.69, 9.17) is 38.4 Å². The molecule has 1 aromatic carbocycles. The van der Waals surface area contributed by atoms with Crippen molar-refractivity contribution in [1.82, 2.24) is 0 Å². The molecule has 1 aliphatic heterocycles. The number of allylic oxidation sites excluding steroid dienone is 2. The van der Waals surface area contributed by atoms with Gasteiger partial charge in [-0.25, -0.2) is 4.79 Å². The number of ether oxygens (including phenoxy) is 2. The van der Waals surface area contributed by atoms with Crippen molar-refractivity contribution in [3.8, 4) is 6.07 Å². The van der Waals surface area contributed by atoms with Crippen molar-refractivity contribution >= 4 is 29.2 Å². The van der Waals surface area contributed by atoms with Crippen LogP contribution in [0.2, 0.25) is 5.02 Å². The third-order valence-corrected chi connectivity index (χ3v) is 3.81. The summed E-state index contributed by atoms with van der Waals surface area (Å²) >= 11 is 11.8. The van der Waals surface area contributed by atoms with E-state index in [9.17, 15) is 10.1 Å². The lowest BCUT2D eigenvalue weighted by Gasteiger charge is -2.27. The fourth-order valence-corrected chi connectivity index (χ4v) is 2.66. The summed E-state index contributed by atoms with van der Waals surface area (Å²) in [5.41, 5.74) is 6.79. The lowest BCUT2D eigenvalue weighted by molar-refractivity contribution is -0.139. The molecule has 0 aromatic heterocycles. The van der Waals surface area contributed by atoms with Crippen LogP contribution in [0.1, 0.15) is 18.4 Å². The maximum atomic E-state index is 12.4. The highest BCUT2D eigenvalue weighted by Crippen LogP contribution is 2.40. The molecule has 2 N–H and O–H groups in total. The topological polar surface area (TPSA) is 85.3 Å². The number of rotatable bonds is 4. The van der Waals surface area contributed by atoms with Crippen LogP contribution >= 0.6 is 23.2 Å². The van der Waals surface area contributed by atoms with Crippen LogP contribution in [0.5, 0.6) is 0 Å². The lowest BCUT2D eigenvalue weighted by atomic mass is 9.83. The lowest BCUT2D eigenvalue weighted by Crippen LogP contribution is -2.26. The number of benzene rings is 1. The molecule has 1 aliphatic rings. The van der Waals surface area contributed by atoms with Crippen LogP contribution < -0.4 is 5.73 Å². The van der Waals surface area contributed by atoms with Crippen LogP contribution in [0.25, 0.3) is 0 Å². The molecule has 0 spiro atoms. The van der Waals surface area contributed by atoms with Gasteiger partial charge in [0.05, 0.1) is 24.0 Å². The predicted molar refractivity (Wildman–Crippen MR) is 86.5 cm³/mol. The second-order valence-corrected chi connectivity index (χ2v) is 5.37. The van der Waals surface area contributed by atoms with Crippen LogP contribution in [-0.2, 0) is 14.3 Å². The van der Waals surface area contributed by atoms with E-state index in [0.717, 1.165) is 0 Å². The average molecular weight is 353 g/mol. The molecule has 0 amide bonds. The normalized spacial score (nSPS) is 17.6. The van der Waals surface area contributed by atoms with Gasteiger partial charge in [0, 0.05) is 5.02 Å². The third kappa shape index (κ3) is 3.44. The highest BCUT2D eigenvalue weighted by Gasteiger charge is 2.37. The first-order chi connectivity index (χ1) is 11.0. The summed E-state index contributed by atoms with van der Waals surface area (Å²) in [5, 5.41) is 9.97. The van der Waals surface area contributed by atoms with E-state index in [-0.39, 0.29) is 35.3 Å². The number of carbonyl (C=O) groups excluding carboxylic acids is 1. The monoisotopic (exact) mass is 352 g/mol. The van der Waals surface area contributed by atoms with E-state index in [1.165, 1.54) is 0 Å². The molecule has 1 atom stereocenters. The molecule has 0 aliphatic carbocycles. The van der Waals surface area contributed by atoms with Crippen LogP contribution in [-0.4, -0.2) is 18.5 Å². The van der Waals surface area contributed by atoms with Gasteiger partial charge in [-0.2, -0.15) is 5.26 Å². The van der Waals surface area contributed by atoms with Crippen molar-refractivity contribution in [3.63, 3.8) is 0 Å². The van der Waals surface area contributed by atoms with Crippen LogP contribution in [0, 0.1) is 11.3 Å². The molecule has 7 heteroatoms. The molecule has 0 saturated heterocycles. The van der Waals surface area contributed by atoms with Crippen molar-refractivity contribution in [2.45, 2.75) is 12.8 Å². The smallest absolute Gasteiger partial charge is 0.338 e. The molecule has 1 aromatic rings. The molecule has 0 radical (unpaired) electrons. The van der Waals surface area contributed by atoms with Gasteiger partial charge in [0.15, 0.2) is 0 Å². The Bertz CT molecular complexity index is 718. The van der Waals surface area contributed by atoms with E-state index >= 15 is 0 Å². The summed E-state index contributed by atoms with van der Waals surface area (Å²) in [5.74, 6) is -1.27. The summed E-state index contributed by atoms with van der Waals surface area (Å²) in [6.07, 6.45) is 0. The molecular weight excluding hydrogens is 339 g/mol. The predicted octanol–water partition coefficient (Wildman–Crippen LogP) is 3.20. The van der Waals surface area contributed by atoms with Gasteiger partial charge in [0.2, 0.25) is 5.88 Å². The second-order valence-electron chi connectivity index (χ2n) is 4.67. The number of halogens is 2. The Balaban J connectivity index is 2.63. The Morgan fingerprint density at radius 3 is 2.61 bits per heavy atom. The first kappa shape index (κ1) is 17.2. The van der Waals surface area contributed by atoms with Gasteiger partial charge in [-0.15, -0.1) is 11.6 Å². The van der Waals surface area contributed by atoms with E-state index in [0.29, 0.717) is 10.6 Å². The quantitative estimate of drug-likeness (QED) is 0.664. The molecule has 1 heterocycles. The Kier molecular flexibility index (Phi) is 5.54. The first-order valence-corrected chi connectivity index (χ1v) is 7.73. The van der Waals surface area contributed by atoms with Crippen molar-refractivity contribution in [3.05, 3.63) is 57.6 Å². The van der Waals surface area contributed by atoms with E-state index in [1.807, 2.05) is 6.07 Å². The molecule has 0 unspecified atom stereocenters. The second kappa shape index (κ2) is 7.40. The Morgan fingerprint density at radius 1 is 1.43 bits per heavy atom. The highest BCUT2D eigenvalue weighted by atomic mass is 35.5. The van der Waals surface area contributed by atoms with E-state index < -0.39 is 11.9 Å². The van der Waals surface area contributed by atoms with E-state index in [2.05, 4.69) is 0 Å². The molecule has 120 valence electrons. The van der Waals surface area contributed by atoms with Gasteiger partial charge in [0.25, 0.3) is 0 Å². The number of hydrogen-bond acceptors (Lipinski definition) is 5. The fourth-order valence-electron chi connectivity index (χ4n) is 2.34. The maximum Gasteiger partial charge on any atom is 0.338 e. The van der Waals surface area contributed by atoms with E-state index in [1.54, 1.807) is 31.2 Å². The molecule has 23 heavy (non-hydrogen) atoms. The Morgan fingerprint density at radius 2 is 2.09 bits per heavy atom. The highest BCUT2D eigenvalue weighted by molar-refractivity contribution is 6.30. The van der Waals surface area contributed by atoms with Crippen LogP contribution in [0.15, 0.2) is 47.1 Å². The van der Waals surface area contributed by atoms with Gasteiger partial charge in [-0.1, -0.05) is 23.7 Å². The fraction of sp³-hybridized carbons (Fsp3) is 0.250. The summed E-state index contributed by atoms with van der Waals surface area (Å²) < 4.78 is 10.4. The minimum Gasteiger partial charge on any atom is -0.463 e. The summed E-state index contributed by atoms with van der Waals surface area (Å²) in [7, 11) is 0. The number of hydrogen-bond donors (Lipinski definition) is 1. The minimum atomic E-state index is -0.709. The molecular formula is C16H14Cl2N2O3. The third-order valence-electron chi connectivity index (χ3n) is 3.32. The van der Waals surface area contributed by atoms with Crippen molar-refractivity contribution in [2.75, 3.05) is 12.5 Å². The van der Waals surface area contributed by atoms with Crippen molar-refractivity contribution < 1.29 is 14.3 Å². The van der Waals surface area contributed by atoms with Crippen LogP contribution in [0.4, 0.5) is 0 Å². The number of nitrogens with two attached hydrogens (primary N) is 1. The summed E-state index contributed by atoms with van der Waals surface area (Å²) in [4.78, 5) is 12.4.